The zero-order valence-electron chi connectivity index (χ0n) is 12.7. The van der Waals surface area contributed by atoms with Crippen molar-refractivity contribution in [1.82, 2.24) is 5.43 Å². The summed E-state index contributed by atoms with van der Waals surface area (Å²) in [5.41, 5.74) is 4.70. The Bertz CT molecular complexity index is 607. The van der Waals surface area contributed by atoms with Gasteiger partial charge in [-0.1, -0.05) is 42.5 Å². The minimum Gasteiger partial charge on any atom is -0.497 e. The molecule has 1 amide bonds. The summed E-state index contributed by atoms with van der Waals surface area (Å²) in [4.78, 5) is 11.7. The van der Waals surface area contributed by atoms with Crippen molar-refractivity contribution in [2.75, 3.05) is 7.11 Å². The number of nitrogens with zero attached hydrogens (tertiary/aromatic N) is 1. The Morgan fingerprint density at radius 2 is 1.86 bits per heavy atom. The van der Waals surface area contributed by atoms with E-state index in [2.05, 4.69) is 10.5 Å². The fourth-order valence-corrected chi connectivity index (χ4v) is 2.02. The molecule has 0 aliphatic carbocycles. The van der Waals surface area contributed by atoms with Gasteiger partial charge < -0.3 is 4.74 Å². The van der Waals surface area contributed by atoms with Crippen molar-refractivity contribution in [3.63, 3.8) is 0 Å². The van der Waals surface area contributed by atoms with Crippen molar-refractivity contribution < 1.29 is 9.53 Å². The summed E-state index contributed by atoms with van der Waals surface area (Å²) >= 11 is 0. The Morgan fingerprint density at radius 1 is 1.14 bits per heavy atom. The number of methoxy groups -OCH3 is 1. The molecule has 22 heavy (non-hydrogen) atoms. The van der Waals surface area contributed by atoms with Crippen molar-refractivity contribution in [1.29, 1.82) is 0 Å². The largest absolute Gasteiger partial charge is 0.497 e. The van der Waals surface area contributed by atoms with Crippen molar-refractivity contribution in [3.8, 4) is 5.75 Å². The maximum absolute atomic E-state index is 11.7. The van der Waals surface area contributed by atoms with Gasteiger partial charge in [-0.25, -0.2) is 5.43 Å². The van der Waals surface area contributed by atoms with E-state index in [-0.39, 0.29) is 5.91 Å². The van der Waals surface area contributed by atoms with Crippen LogP contribution >= 0.6 is 0 Å². The average Bonchev–Trinajstić information content (AvgIpc) is 2.56. The number of ether oxygens (including phenoxy) is 1. The van der Waals surface area contributed by atoms with E-state index in [1.807, 2.05) is 54.6 Å². The summed E-state index contributed by atoms with van der Waals surface area (Å²) in [6.07, 6.45) is 3.75. The van der Waals surface area contributed by atoms with Gasteiger partial charge in [0.2, 0.25) is 5.91 Å². The average molecular weight is 296 g/mol. The smallest absolute Gasteiger partial charge is 0.240 e. The molecule has 0 aliphatic rings. The van der Waals surface area contributed by atoms with Crippen LogP contribution in [-0.4, -0.2) is 19.2 Å². The number of nitrogens with one attached hydrogen (secondary N) is 1. The lowest BCUT2D eigenvalue weighted by Crippen LogP contribution is -2.17. The molecule has 2 rings (SSSR count). The van der Waals surface area contributed by atoms with Gasteiger partial charge in [-0.15, -0.1) is 0 Å². The Labute approximate surface area is 130 Å². The Kier molecular flexibility index (Phi) is 6.18. The highest BCUT2D eigenvalue weighted by Gasteiger charge is 2.00. The summed E-state index contributed by atoms with van der Waals surface area (Å²) in [5.74, 6) is 0.775. The van der Waals surface area contributed by atoms with Gasteiger partial charge in [-0.2, -0.15) is 5.10 Å². The predicted molar refractivity (Wildman–Crippen MR) is 88.1 cm³/mol. The lowest BCUT2D eigenvalue weighted by molar-refractivity contribution is -0.121. The van der Waals surface area contributed by atoms with E-state index in [1.165, 1.54) is 5.56 Å². The Hall–Kier alpha value is -2.62. The number of benzene rings is 2. The van der Waals surface area contributed by atoms with Gasteiger partial charge in [0.15, 0.2) is 0 Å². The van der Waals surface area contributed by atoms with E-state index in [0.29, 0.717) is 6.42 Å². The monoisotopic (exact) mass is 296 g/mol. The summed E-state index contributed by atoms with van der Waals surface area (Å²) in [7, 11) is 1.65. The van der Waals surface area contributed by atoms with E-state index >= 15 is 0 Å². The van der Waals surface area contributed by atoms with Crippen LogP contribution < -0.4 is 10.2 Å². The Balaban J connectivity index is 1.68. The summed E-state index contributed by atoms with van der Waals surface area (Å²) in [6.45, 7) is 0. The second kappa shape index (κ2) is 8.62. The number of hydrogen-bond donors (Lipinski definition) is 1. The van der Waals surface area contributed by atoms with Crippen LogP contribution in [0.25, 0.3) is 0 Å². The normalized spacial score (nSPS) is 10.6. The van der Waals surface area contributed by atoms with Gasteiger partial charge in [-0.3, -0.25) is 4.79 Å². The molecular formula is C18H20N2O2. The maximum Gasteiger partial charge on any atom is 0.240 e. The molecule has 2 aromatic rings. The molecule has 4 nitrogen and oxygen atoms in total. The van der Waals surface area contributed by atoms with E-state index in [1.54, 1.807) is 13.3 Å². The van der Waals surface area contributed by atoms with Crippen LogP contribution in [0.2, 0.25) is 0 Å². The molecular weight excluding hydrogens is 276 g/mol. The molecule has 0 radical (unpaired) electrons. The molecule has 0 saturated heterocycles. The van der Waals surface area contributed by atoms with Crippen LogP contribution in [0.1, 0.15) is 24.0 Å². The molecule has 0 aromatic heterocycles. The SMILES string of the molecule is COc1ccc(CCCC(=O)NN=Cc2ccccc2)cc1. The first-order chi connectivity index (χ1) is 10.8. The first-order valence-corrected chi connectivity index (χ1v) is 7.28. The topological polar surface area (TPSA) is 50.7 Å². The number of carbonyl (C=O) groups excluding carboxylic acids is 1. The van der Waals surface area contributed by atoms with Gasteiger partial charge >= 0.3 is 0 Å². The van der Waals surface area contributed by atoms with Crippen molar-refractivity contribution >= 4 is 12.1 Å². The van der Waals surface area contributed by atoms with Crippen LogP contribution in [0.15, 0.2) is 59.7 Å². The quantitative estimate of drug-likeness (QED) is 0.630. The third-order valence-corrected chi connectivity index (χ3v) is 3.23. The number of amides is 1. The van der Waals surface area contributed by atoms with E-state index in [4.69, 9.17) is 4.74 Å². The minimum atomic E-state index is -0.0688. The second-order valence-corrected chi connectivity index (χ2v) is 4.91. The first kappa shape index (κ1) is 15.8. The molecule has 1 N–H and O–H groups in total. The number of aryl methyl sites for hydroxylation is 1. The van der Waals surface area contributed by atoms with Crippen molar-refractivity contribution in [2.24, 2.45) is 5.10 Å². The van der Waals surface area contributed by atoms with Gasteiger partial charge in [0.25, 0.3) is 0 Å². The summed E-state index contributed by atoms with van der Waals surface area (Å²) in [6, 6.07) is 17.6. The van der Waals surface area contributed by atoms with Crippen LogP contribution in [0.5, 0.6) is 5.75 Å². The number of hydrazone groups is 1. The van der Waals surface area contributed by atoms with Crippen LogP contribution in [0.3, 0.4) is 0 Å². The zero-order valence-corrected chi connectivity index (χ0v) is 12.7. The van der Waals surface area contributed by atoms with E-state index in [0.717, 1.165) is 24.2 Å². The molecule has 0 heterocycles. The minimum absolute atomic E-state index is 0.0688. The van der Waals surface area contributed by atoms with Crippen molar-refractivity contribution in [2.45, 2.75) is 19.3 Å². The summed E-state index contributed by atoms with van der Waals surface area (Å²) < 4.78 is 5.11. The molecule has 0 aliphatic heterocycles. The van der Waals surface area contributed by atoms with E-state index in [9.17, 15) is 4.79 Å². The van der Waals surface area contributed by atoms with Gasteiger partial charge in [0.05, 0.1) is 13.3 Å². The molecule has 2 aromatic carbocycles. The highest BCUT2D eigenvalue weighted by molar-refractivity contribution is 5.82. The van der Waals surface area contributed by atoms with Gasteiger partial charge in [0, 0.05) is 6.42 Å². The zero-order chi connectivity index (χ0) is 15.6. The first-order valence-electron chi connectivity index (χ1n) is 7.28. The van der Waals surface area contributed by atoms with Crippen LogP contribution in [0.4, 0.5) is 0 Å². The molecule has 0 spiro atoms. The molecule has 0 unspecified atom stereocenters. The predicted octanol–water partition coefficient (Wildman–Crippen LogP) is 3.17. The number of carbonyl (C=O) groups is 1. The molecule has 4 heteroatoms. The van der Waals surface area contributed by atoms with E-state index < -0.39 is 0 Å². The molecule has 0 saturated carbocycles. The summed E-state index contributed by atoms with van der Waals surface area (Å²) in [5, 5.41) is 3.95. The Morgan fingerprint density at radius 3 is 2.55 bits per heavy atom. The lowest BCUT2D eigenvalue weighted by atomic mass is 10.1. The molecule has 0 atom stereocenters. The molecule has 0 fully saturated rings. The van der Waals surface area contributed by atoms with Crippen molar-refractivity contribution in [3.05, 3.63) is 65.7 Å². The lowest BCUT2D eigenvalue weighted by Gasteiger charge is -2.03. The highest BCUT2D eigenvalue weighted by Crippen LogP contribution is 2.13. The fourth-order valence-electron chi connectivity index (χ4n) is 2.02. The number of rotatable bonds is 7. The third kappa shape index (κ3) is 5.40. The van der Waals surface area contributed by atoms with Gasteiger partial charge in [-0.05, 0) is 36.1 Å². The van der Waals surface area contributed by atoms with Crippen LogP contribution in [0, 0.1) is 0 Å². The van der Waals surface area contributed by atoms with Gasteiger partial charge in [0.1, 0.15) is 5.75 Å². The number of hydrogen-bond acceptors (Lipinski definition) is 3. The third-order valence-electron chi connectivity index (χ3n) is 3.23. The van der Waals surface area contributed by atoms with Crippen LogP contribution in [-0.2, 0) is 11.2 Å². The molecule has 114 valence electrons. The maximum atomic E-state index is 11.7. The second-order valence-electron chi connectivity index (χ2n) is 4.91. The fraction of sp³-hybridized carbons (Fsp3) is 0.222. The standard InChI is InChI=1S/C18H20N2O2/c1-22-17-12-10-15(11-13-17)8-5-9-18(21)20-19-14-16-6-3-2-4-7-16/h2-4,6-7,10-14H,5,8-9H2,1H3,(H,20,21). The molecule has 0 bridgehead atoms. The highest BCUT2D eigenvalue weighted by atomic mass is 16.5.